The maximum absolute atomic E-state index is 12.2. The lowest BCUT2D eigenvalue weighted by molar-refractivity contribution is -0.123. The minimum absolute atomic E-state index is 0.147. The first kappa shape index (κ1) is 25.2. The van der Waals surface area contributed by atoms with E-state index in [2.05, 4.69) is 40.3 Å². The molecule has 0 saturated carbocycles. The topological polar surface area (TPSA) is 77.0 Å². The van der Waals surface area contributed by atoms with Crippen LogP contribution in [0.2, 0.25) is 0 Å². The lowest BCUT2D eigenvalue weighted by Gasteiger charge is -2.15. The Kier molecular flexibility index (Phi) is 8.60. The SMILES string of the molecule is Cc1ccc(C(=O)Oc2ccc(C=NNC(=O)COc3cc(C)c(Br)cc3C(C)C)cc2)cc1. The second-order valence-corrected chi connectivity index (χ2v) is 9.05. The Balaban J connectivity index is 1.50. The van der Waals surface area contributed by atoms with Gasteiger partial charge < -0.3 is 9.47 Å². The Hall–Kier alpha value is -3.45. The van der Waals surface area contributed by atoms with Gasteiger partial charge in [-0.1, -0.05) is 47.5 Å². The quantitative estimate of drug-likeness (QED) is 0.172. The van der Waals surface area contributed by atoms with E-state index in [9.17, 15) is 9.59 Å². The zero-order valence-electron chi connectivity index (χ0n) is 19.6. The van der Waals surface area contributed by atoms with E-state index in [-0.39, 0.29) is 18.4 Å². The van der Waals surface area contributed by atoms with Crippen LogP contribution in [0.1, 0.15) is 52.4 Å². The summed E-state index contributed by atoms with van der Waals surface area (Å²) in [6, 6.07) is 17.9. The highest BCUT2D eigenvalue weighted by Gasteiger charge is 2.12. The molecule has 0 radical (unpaired) electrons. The zero-order chi connectivity index (χ0) is 24.7. The van der Waals surface area contributed by atoms with E-state index in [1.54, 1.807) is 36.4 Å². The number of nitrogens with one attached hydrogen (secondary N) is 1. The number of hydrazone groups is 1. The second-order valence-electron chi connectivity index (χ2n) is 8.20. The first-order valence-electron chi connectivity index (χ1n) is 10.9. The first-order valence-corrected chi connectivity index (χ1v) is 11.7. The number of carbonyl (C=O) groups is 2. The highest BCUT2D eigenvalue weighted by Crippen LogP contribution is 2.32. The van der Waals surface area contributed by atoms with E-state index in [1.807, 2.05) is 38.1 Å². The standard InChI is InChI=1S/C27H27BrN2O4/c1-17(2)23-14-24(28)19(4)13-25(23)33-16-26(31)30-29-15-20-7-11-22(12-8-20)34-27(32)21-9-5-18(3)6-10-21/h5-15,17H,16H2,1-4H3,(H,30,31). The molecule has 0 aliphatic heterocycles. The molecule has 3 aromatic carbocycles. The predicted molar refractivity (Wildman–Crippen MR) is 137 cm³/mol. The minimum atomic E-state index is -0.421. The second kappa shape index (κ2) is 11.6. The molecule has 0 heterocycles. The van der Waals surface area contributed by atoms with Crippen LogP contribution in [0.15, 0.2) is 70.2 Å². The number of hydrogen-bond donors (Lipinski definition) is 1. The van der Waals surface area contributed by atoms with Gasteiger partial charge in [0.25, 0.3) is 5.91 Å². The van der Waals surface area contributed by atoms with Gasteiger partial charge >= 0.3 is 5.97 Å². The molecule has 6 nitrogen and oxygen atoms in total. The number of benzene rings is 3. The molecule has 0 atom stereocenters. The van der Waals surface area contributed by atoms with Gasteiger partial charge in [0.1, 0.15) is 11.5 Å². The molecular formula is C27H27BrN2O4. The molecule has 3 rings (SSSR count). The monoisotopic (exact) mass is 522 g/mol. The van der Waals surface area contributed by atoms with Crippen molar-refractivity contribution >= 4 is 34.0 Å². The molecule has 0 fully saturated rings. The van der Waals surface area contributed by atoms with Crippen molar-refractivity contribution in [3.8, 4) is 11.5 Å². The van der Waals surface area contributed by atoms with Crippen molar-refractivity contribution in [1.82, 2.24) is 5.43 Å². The Morgan fingerprint density at radius 2 is 1.71 bits per heavy atom. The fourth-order valence-corrected chi connectivity index (χ4v) is 3.44. The Bertz CT molecular complexity index is 1190. The van der Waals surface area contributed by atoms with Crippen molar-refractivity contribution in [2.75, 3.05) is 6.61 Å². The average Bonchev–Trinajstić information content (AvgIpc) is 2.81. The van der Waals surface area contributed by atoms with Gasteiger partial charge in [0.05, 0.1) is 11.8 Å². The summed E-state index contributed by atoms with van der Waals surface area (Å²) in [5.74, 6) is 0.578. The molecule has 176 valence electrons. The van der Waals surface area contributed by atoms with Crippen LogP contribution in [0.4, 0.5) is 0 Å². The van der Waals surface area contributed by atoms with Gasteiger partial charge in [-0.2, -0.15) is 5.10 Å². The molecule has 1 N–H and O–H groups in total. The van der Waals surface area contributed by atoms with E-state index in [0.29, 0.717) is 17.1 Å². The van der Waals surface area contributed by atoms with E-state index in [4.69, 9.17) is 9.47 Å². The van der Waals surface area contributed by atoms with E-state index >= 15 is 0 Å². The summed E-state index contributed by atoms with van der Waals surface area (Å²) in [7, 11) is 0. The maximum Gasteiger partial charge on any atom is 0.343 e. The van der Waals surface area contributed by atoms with Crippen LogP contribution < -0.4 is 14.9 Å². The number of hydrogen-bond acceptors (Lipinski definition) is 5. The smallest absolute Gasteiger partial charge is 0.343 e. The maximum atomic E-state index is 12.2. The third kappa shape index (κ3) is 7.02. The third-order valence-corrected chi connectivity index (χ3v) is 5.91. The summed E-state index contributed by atoms with van der Waals surface area (Å²) >= 11 is 3.54. The van der Waals surface area contributed by atoms with E-state index in [0.717, 1.165) is 26.7 Å². The van der Waals surface area contributed by atoms with Gasteiger partial charge in [0, 0.05) is 4.47 Å². The van der Waals surface area contributed by atoms with Gasteiger partial charge in [-0.25, -0.2) is 10.2 Å². The Labute approximate surface area is 208 Å². The third-order valence-electron chi connectivity index (χ3n) is 5.05. The van der Waals surface area contributed by atoms with Crippen molar-refractivity contribution < 1.29 is 19.1 Å². The molecule has 0 saturated heterocycles. The van der Waals surface area contributed by atoms with Crippen molar-refractivity contribution in [1.29, 1.82) is 0 Å². The lowest BCUT2D eigenvalue weighted by atomic mass is 10.0. The van der Waals surface area contributed by atoms with Gasteiger partial charge in [-0.05, 0) is 85.0 Å². The van der Waals surface area contributed by atoms with Crippen LogP contribution in [-0.2, 0) is 4.79 Å². The van der Waals surface area contributed by atoms with Gasteiger partial charge in [-0.15, -0.1) is 0 Å². The molecule has 0 bridgehead atoms. The van der Waals surface area contributed by atoms with E-state index in [1.165, 1.54) is 6.21 Å². The number of amides is 1. The molecule has 0 aromatic heterocycles. The van der Waals surface area contributed by atoms with Crippen LogP contribution in [0.25, 0.3) is 0 Å². The zero-order valence-corrected chi connectivity index (χ0v) is 21.2. The van der Waals surface area contributed by atoms with E-state index < -0.39 is 5.97 Å². The molecule has 3 aromatic rings. The molecule has 0 unspecified atom stereocenters. The summed E-state index contributed by atoms with van der Waals surface area (Å²) in [4.78, 5) is 24.4. The van der Waals surface area contributed by atoms with Crippen molar-refractivity contribution in [3.05, 3.63) is 93.0 Å². The Morgan fingerprint density at radius 1 is 1.03 bits per heavy atom. The first-order chi connectivity index (χ1) is 16.2. The summed E-state index contributed by atoms with van der Waals surface area (Å²) in [6.07, 6.45) is 1.51. The number of nitrogens with zero attached hydrogens (tertiary/aromatic N) is 1. The largest absolute Gasteiger partial charge is 0.483 e. The summed E-state index contributed by atoms with van der Waals surface area (Å²) < 4.78 is 12.1. The molecule has 1 amide bonds. The minimum Gasteiger partial charge on any atom is -0.483 e. The number of rotatable bonds is 8. The number of carbonyl (C=O) groups excluding carboxylic acids is 2. The predicted octanol–water partition coefficient (Wildman–Crippen LogP) is 5.94. The fraction of sp³-hybridized carbons (Fsp3) is 0.222. The van der Waals surface area contributed by atoms with Crippen LogP contribution in [0.5, 0.6) is 11.5 Å². The van der Waals surface area contributed by atoms with Gasteiger partial charge in [-0.3, -0.25) is 4.79 Å². The van der Waals surface area contributed by atoms with Crippen LogP contribution in [0, 0.1) is 13.8 Å². The van der Waals surface area contributed by atoms with Crippen molar-refractivity contribution in [2.24, 2.45) is 5.10 Å². The lowest BCUT2D eigenvalue weighted by Crippen LogP contribution is -2.25. The van der Waals surface area contributed by atoms with Crippen LogP contribution >= 0.6 is 15.9 Å². The molecular weight excluding hydrogens is 496 g/mol. The highest BCUT2D eigenvalue weighted by atomic mass is 79.9. The van der Waals surface area contributed by atoms with Crippen LogP contribution in [0.3, 0.4) is 0 Å². The van der Waals surface area contributed by atoms with Crippen LogP contribution in [-0.4, -0.2) is 24.7 Å². The molecule has 7 heteroatoms. The number of esters is 1. The van der Waals surface area contributed by atoms with Crippen molar-refractivity contribution in [2.45, 2.75) is 33.6 Å². The number of halogens is 1. The van der Waals surface area contributed by atoms with Gasteiger partial charge in [0.2, 0.25) is 0 Å². The average molecular weight is 523 g/mol. The summed E-state index contributed by atoms with van der Waals surface area (Å²) in [5, 5.41) is 3.97. The molecule has 0 aliphatic carbocycles. The van der Waals surface area contributed by atoms with Gasteiger partial charge in [0.15, 0.2) is 6.61 Å². The Morgan fingerprint density at radius 3 is 2.35 bits per heavy atom. The number of ether oxygens (including phenoxy) is 2. The molecule has 34 heavy (non-hydrogen) atoms. The summed E-state index contributed by atoms with van der Waals surface area (Å²) in [6.45, 7) is 7.93. The number of aryl methyl sites for hydroxylation is 2. The fourth-order valence-electron chi connectivity index (χ4n) is 3.08. The molecule has 0 spiro atoms. The molecule has 0 aliphatic rings. The van der Waals surface area contributed by atoms with Crippen molar-refractivity contribution in [3.63, 3.8) is 0 Å². The summed E-state index contributed by atoms with van der Waals surface area (Å²) in [5.41, 5.74) is 6.81. The highest BCUT2D eigenvalue weighted by molar-refractivity contribution is 9.10. The normalized spacial score (nSPS) is 11.0.